The van der Waals surface area contributed by atoms with Gasteiger partial charge < -0.3 is 5.11 Å². The molecule has 0 saturated heterocycles. The number of benzene rings is 1. The largest absolute Gasteiger partial charge is 0.396 e. The van der Waals surface area contributed by atoms with E-state index >= 15 is 0 Å². The molecule has 1 aromatic carbocycles. The van der Waals surface area contributed by atoms with Crippen molar-refractivity contribution in [3.05, 3.63) is 45.7 Å². The van der Waals surface area contributed by atoms with Crippen LogP contribution in [-0.4, -0.2) is 21.5 Å². The van der Waals surface area contributed by atoms with Crippen molar-refractivity contribution in [2.45, 2.75) is 20.3 Å². The third-order valence-electron chi connectivity index (χ3n) is 2.80. The number of nitrogens with zero attached hydrogens (tertiary/aromatic N) is 2. The highest BCUT2D eigenvalue weighted by atomic mass is 79.9. The second-order valence-electron chi connectivity index (χ2n) is 4.09. The molecule has 1 heterocycles. The van der Waals surface area contributed by atoms with E-state index in [0.717, 1.165) is 21.4 Å². The van der Waals surface area contributed by atoms with Gasteiger partial charge in [0.25, 0.3) is 0 Å². The van der Waals surface area contributed by atoms with E-state index in [1.807, 2.05) is 29.9 Å². The van der Waals surface area contributed by atoms with Crippen molar-refractivity contribution in [1.29, 1.82) is 0 Å². The van der Waals surface area contributed by atoms with Gasteiger partial charge in [-0.2, -0.15) is 5.10 Å². The van der Waals surface area contributed by atoms with E-state index in [4.69, 9.17) is 5.11 Å². The van der Waals surface area contributed by atoms with E-state index < -0.39 is 0 Å². The number of aromatic nitrogens is 2. The number of aliphatic hydroxyl groups is 1. The van der Waals surface area contributed by atoms with Gasteiger partial charge in [-0.1, -0.05) is 22.0 Å². The number of rotatable bonds is 3. The molecule has 2 rings (SSSR count). The van der Waals surface area contributed by atoms with Crippen molar-refractivity contribution in [3.8, 4) is 5.69 Å². The molecule has 0 aliphatic rings. The zero-order valence-electron chi connectivity index (χ0n) is 9.94. The molecule has 0 atom stereocenters. The lowest BCUT2D eigenvalue weighted by Gasteiger charge is -2.03. The first kappa shape index (κ1) is 12.3. The number of hydrogen-bond donors (Lipinski definition) is 1. The van der Waals surface area contributed by atoms with Crippen molar-refractivity contribution in [3.63, 3.8) is 0 Å². The maximum atomic E-state index is 8.96. The maximum Gasteiger partial charge on any atom is 0.0657 e. The Kier molecular flexibility index (Phi) is 3.64. The quantitative estimate of drug-likeness (QED) is 0.945. The van der Waals surface area contributed by atoms with Gasteiger partial charge in [-0.15, -0.1) is 0 Å². The molecule has 0 fully saturated rings. The van der Waals surface area contributed by atoms with E-state index in [0.29, 0.717) is 6.42 Å². The molecule has 0 bridgehead atoms. The molecule has 4 heteroatoms. The Balaban J connectivity index is 2.39. The summed E-state index contributed by atoms with van der Waals surface area (Å²) in [6.45, 7) is 4.17. The summed E-state index contributed by atoms with van der Waals surface area (Å²) >= 11 is 3.52. The molecule has 90 valence electrons. The monoisotopic (exact) mass is 294 g/mol. The van der Waals surface area contributed by atoms with E-state index in [2.05, 4.69) is 34.0 Å². The summed E-state index contributed by atoms with van der Waals surface area (Å²) in [7, 11) is 0. The molecule has 0 aliphatic heterocycles. The molecule has 0 amide bonds. The van der Waals surface area contributed by atoms with Gasteiger partial charge in [-0.3, -0.25) is 0 Å². The van der Waals surface area contributed by atoms with Crippen molar-refractivity contribution < 1.29 is 5.11 Å². The van der Waals surface area contributed by atoms with Crippen LogP contribution in [0.5, 0.6) is 0 Å². The summed E-state index contributed by atoms with van der Waals surface area (Å²) in [5.74, 6) is 0. The maximum absolute atomic E-state index is 8.96. The Morgan fingerprint density at radius 1 is 1.35 bits per heavy atom. The van der Waals surface area contributed by atoms with Gasteiger partial charge in [0.1, 0.15) is 0 Å². The van der Waals surface area contributed by atoms with Crippen molar-refractivity contribution >= 4 is 15.9 Å². The van der Waals surface area contributed by atoms with Gasteiger partial charge in [0, 0.05) is 17.3 Å². The van der Waals surface area contributed by atoms with Gasteiger partial charge in [0.15, 0.2) is 0 Å². The highest BCUT2D eigenvalue weighted by Gasteiger charge is 2.06. The van der Waals surface area contributed by atoms with Gasteiger partial charge in [-0.25, -0.2) is 4.68 Å². The molecule has 3 nitrogen and oxygen atoms in total. The predicted octanol–water partition coefficient (Wildman–Crippen LogP) is 2.79. The summed E-state index contributed by atoms with van der Waals surface area (Å²) in [5, 5.41) is 13.4. The Hall–Kier alpha value is -1.13. The molecule has 0 aliphatic carbocycles. The molecular formula is C13H15BrN2O. The second kappa shape index (κ2) is 5.02. The topological polar surface area (TPSA) is 38.0 Å². The number of aliphatic hydroxyl groups excluding tert-OH is 1. The van der Waals surface area contributed by atoms with Crippen molar-refractivity contribution in [1.82, 2.24) is 9.78 Å². The molecule has 2 aromatic rings. The van der Waals surface area contributed by atoms with Crippen LogP contribution in [-0.2, 0) is 6.42 Å². The highest BCUT2D eigenvalue weighted by molar-refractivity contribution is 9.10. The summed E-state index contributed by atoms with van der Waals surface area (Å²) in [4.78, 5) is 0. The lowest BCUT2D eigenvalue weighted by atomic mass is 10.2. The summed E-state index contributed by atoms with van der Waals surface area (Å²) < 4.78 is 2.93. The Morgan fingerprint density at radius 3 is 2.76 bits per heavy atom. The van der Waals surface area contributed by atoms with Crippen LogP contribution in [0.1, 0.15) is 16.8 Å². The van der Waals surface area contributed by atoms with Gasteiger partial charge in [0.05, 0.1) is 11.4 Å². The number of hydrogen-bond acceptors (Lipinski definition) is 2. The van der Waals surface area contributed by atoms with Gasteiger partial charge in [0.2, 0.25) is 0 Å². The molecule has 1 N–H and O–H groups in total. The molecule has 0 radical (unpaired) electrons. The van der Waals surface area contributed by atoms with Crippen LogP contribution in [0.15, 0.2) is 28.9 Å². The fourth-order valence-corrected chi connectivity index (χ4v) is 2.08. The third kappa shape index (κ3) is 2.58. The minimum Gasteiger partial charge on any atom is -0.396 e. The van der Waals surface area contributed by atoms with Crippen LogP contribution in [0.25, 0.3) is 5.69 Å². The zero-order chi connectivity index (χ0) is 12.4. The predicted molar refractivity (Wildman–Crippen MR) is 71.5 cm³/mol. The van der Waals surface area contributed by atoms with Crippen molar-refractivity contribution in [2.75, 3.05) is 6.61 Å². The Labute approximate surface area is 109 Å². The summed E-state index contributed by atoms with van der Waals surface area (Å²) in [5.41, 5.74) is 4.28. The second-order valence-corrected chi connectivity index (χ2v) is 4.95. The average molecular weight is 295 g/mol. The number of halogens is 1. The summed E-state index contributed by atoms with van der Waals surface area (Å²) in [6, 6.07) is 6.14. The van der Waals surface area contributed by atoms with Crippen LogP contribution in [0.3, 0.4) is 0 Å². The lowest BCUT2D eigenvalue weighted by Crippen LogP contribution is -1.95. The minimum absolute atomic E-state index is 0.157. The normalized spacial score (nSPS) is 10.8. The molecular weight excluding hydrogens is 280 g/mol. The first-order valence-electron chi connectivity index (χ1n) is 5.54. The smallest absolute Gasteiger partial charge is 0.0657 e. The van der Waals surface area contributed by atoms with Gasteiger partial charge in [-0.05, 0) is 43.5 Å². The zero-order valence-corrected chi connectivity index (χ0v) is 11.5. The molecule has 0 unspecified atom stereocenters. The fourth-order valence-electron chi connectivity index (χ4n) is 1.72. The van der Waals surface area contributed by atoms with E-state index in [-0.39, 0.29) is 6.61 Å². The van der Waals surface area contributed by atoms with Crippen LogP contribution < -0.4 is 0 Å². The average Bonchev–Trinajstić information content (AvgIpc) is 2.65. The van der Waals surface area contributed by atoms with E-state index in [1.165, 1.54) is 5.56 Å². The van der Waals surface area contributed by atoms with E-state index in [9.17, 15) is 0 Å². The first-order chi connectivity index (χ1) is 8.11. The van der Waals surface area contributed by atoms with Crippen LogP contribution >= 0.6 is 15.9 Å². The minimum atomic E-state index is 0.157. The van der Waals surface area contributed by atoms with Crippen LogP contribution in [0, 0.1) is 13.8 Å². The van der Waals surface area contributed by atoms with Gasteiger partial charge >= 0.3 is 0 Å². The molecule has 1 aromatic heterocycles. The van der Waals surface area contributed by atoms with E-state index in [1.54, 1.807) is 0 Å². The standard InChI is InChI=1S/C13H15BrN2O/c1-9-3-4-12(7-13(9)14)16-8-11(5-6-17)10(2)15-16/h3-4,7-8,17H,5-6H2,1-2H3. The molecule has 17 heavy (non-hydrogen) atoms. The van der Waals surface area contributed by atoms with Crippen LogP contribution in [0.2, 0.25) is 0 Å². The lowest BCUT2D eigenvalue weighted by molar-refractivity contribution is 0.299. The molecule has 0 saturated carbocycles. The summed E-state index contributed by atoms with van der Waals surface area (Å²) in [6.07, 6.45) is 2.63. The molecule has 0 spiro atoms. The van der Waals surface area contributed by atoms with Crippen molar-refractivity contribution in [2.24, 2.45) is 0 Å². The third-order valence-corrected chi connectivity index (χ3v) is 3.66. The highest BCUT2D eigenvalue weighted by Crippen LogP contribution is 2.20. The Morgan fingerprint density at radius 2 is 2.12 bits per heavy atom. The number of aryl methyl sites for hydroxylation is 2. The fraction of sp³-hybridized carbons (Fsp3) is 0.308. The first-order valence-corrected chi connectivity index (χ1v) is 6.33. The SMILES string of the molecule is Cc1ccc(-n2cc(CCO)c(C)n2)cc1Br. The Bertz CT molecular complexity index is 534. The van der Waals surface area contributed by atoms with Crippen LogP contribution in [0.4, 0.5) is 0 Å².